The molecule has 1 N–H and O–H groups in total. The van der Waals surface area contributed by atoms with Crippen LogP contribution in [0.4, 0.5) is 13.2 Å². The average molecular weight is 460 g/mol. The first kappa shape index (κ1) is 21.8. The van der Waals surface area contributed by atoms with Crippen molar-refractivity contribution in [2.24, 2.45) is 5.92 Å². The van der Waals surface area contributed by atoms with Crippen molar-refractivity contribution in [1.29, 1.82) is 0 Å². The van der Waals surface area contributed by atoms with Gasteiger partial charge in [-0.3, -0.25) is 9.69 Å². The summed E-state index contributed by atoms with van der Waals surface area (Å²) in [4.78, 5) is 15.6. The SMILES string of the molecule is O=c1c(-c2ccc(OC(F)(F)F)cc2)ccc2n1C[C@H]1C[C@@H]2CN(Cc2ccc(CO)o2)C1. The van der Waals surface area contributed by atoms with Gasteiger partial charge in [0, 0.05) is 36.8 Å². The van der Waals surface area contributed by atoms with Crippen LogP contribution in [0.5, 0.6) is 5.75 Å². The second-order valence-corrected chi connectivity index (χ2v) is 8.68. The first-order chi connectivity index (χ1) is 15.8. The number of halogens is 3. The number of aliphatic hydroxyl groups excluding tert-OH is 1. The minimum Gasteiger partial charge on any atom is -0.462 e. The molecule has 174 valence electrons. The molecule has 1 fully saturated rings. The Morgan fingerprint density at radius 3 is 2.45 bits per heavy atom. The lowest BCUT2D eigenvalue weighted by Gasteiger charge is -2.42. The molecule has 2 aliphatic rings. The Hall–Kier alpha value is -3.04. The molecule has 1 saturated heterocycles. The monoisotopic (exact) mass is 460 g/mol. The van der Waals surface area contributed by atoms with E-state index in [0.717, 1.165) is 31.0 Å². The molecule has 0 amide bonds. The highest BCUT2D eigenvalue weighted by Gasteiger charge is 2.35. The van der Waals surface area contributed by atoms with Crippen LogP contribution in [0.25, 0.3) is 11.1 Å². The zero-order chi connectivity index (χ0) is 23.2. The predicted molar refractivity (Wildman–Crippen MR) is 114 cm³/mol. The largest absolute Gasteiger partial charge is 0.573 e. The number of piperidine rings is 1. The van der Waals surface area contributed by atoms with E-state index in [4.69, 9.17) is 4.42 Å². The van der Waals surface area contributed by atoms with E-state index in [1.165, 1.54) is 24.3 Å². The number of likely N-dealkylation sites (tertiary alicyclic amines) is 1. The van der Waals surface area contributed by atoms with Crippen LogP contribution in [0.1, 0.15) is 29.6 Å². The minimum atomic E-state index is -4.75. The van der Waals surface area contributed by atoms with Crippen molar-refractivity contribution in [2.75, 3.05) is 13.1 Å². The predicted octanol–water partition coefficient (Wildman–Crippen LogP) is 4.12. The van der Waals surface area contributed by atoms with Crippen LogP contribution in [-0.2, 0) is 19.7 Å². The van der Waals surface area contributed by atoms with Gasteiger partial charge in [0.2, 0.25) is 0 Å². The average Bonchev–Trinajstić information content (AvgIpc) is 3.22. The van der Waals surface area contributed by atoms with Gasteiger partial charge in [-0.15, -0.1) is 13.2 Å². The smallest absolute Gasteiger partial charge is 0.462 e. The number of aliphatic hydroxyl groups is 1. The zero-order valence-corrected chi connectivity index (χ0v) is 17.7. The Balaban J connectivity index is 1.36. The van der Waals surface area contributed by atoms with Crippen molar-refractivity contribution in [3.05, 3.63) is 76.1 Å². The van der Waals surface area contributed by atoms with Gasteiger partial charge in [-0.25, -0.2) is 0 Å². The molecule has 3 aromatic rings. The first-order valence-corrected chi connectivity index (χ1v) is 10.8. The normalized spacial score (nSPS) is 20.5. The highest BCUT2D eigenvalue weighted by molar-refractivity contribution is 5.63. The molecule has 0 saturated carbocycles. The van der Waals surface area contributed by atoms with E-state index >= 15 is 0 Å². The molecular formula is C24H23F3N2O4. The Morgan fingerprint density at radius 2 is 1.76 bits per heavy atom. The van der Waals surface area contributed by atoms with Crippen molar-refractivity contribution >= 4 is 0 Å². The van der Waals surface area contributed by atoms with Crippen LogP contribution in [0.3, 0.4) is 0 Å². The molecule has 0 unspecified atom stereocenters. The highest BCUT2D eigenvalue weighted by atomic mass is 19.4. The molecule has 6 nitrogen and oxygen atoms in total. The maximum atomic E-state index is 13.3. The van der Waals surface area contributed by atoms with E-state index in [0.29, 0.717) is 35.9 Å². The molecule has 2 aromatic heterocycles. The Morgan fingerprint density at radius 1 is 1.00 bits per heavy atom. The van der Waals surface area contributed by atoms with Gasteiger partial charge in [0.05, 0.1) is 6.54 Å². The zero-order valence-electron chi connectivity index (χ0n) is 17.7. The van der Waals surface area contributed by atoms with Crippen molar-refractivity contribution in [3.8, 4) is 16.9 Å². The van der Waals surface area contributed by atoms with E-state index in [9.17, 15) is 23.1 Å². The maximum Gasteiger partial charge on any atom is 0.573 e. The van der Waals surface area contributed by atoms with Crippen molar-refractivity contribution in [1.82, 2.24) is 9.47 Å². The lowest BCUT2D eigenvalue weighted by Crippen LogP contribution is -2.46. The first-order valence-electron chi connectivity index (χ1n) is 10.8. The van der Waals surface area contributed by atoms with E-state index in [1.54, 1.807) is 12.1 Å². The van der Waals surface area contributed by atoms with Gasteiger partial charge in [-0.05, 0) is 54.3 Å². The summed E-state index contributed by atoms with van der Waals surface area (Å²) in [6.07, 6.45) is -3.74. The summed E-state index contributed by atoms with van der Waals surface area (Å²) in [5.41, 5.74) is 1.87. The lowest BCUT2D eigenvalue weighted by atomic mass is 9.82. The molecule has 9 heteroatoms. The molecule has 0 spiro atoms. The number of ether oxygens (including phenoxy) is 1. The molecule has 2 bridgehead atoms. The van der Waals surface area contributed by atoms with E-state index in [-0.39, 0.29) is 23.8 Å². The maximum absolute atomic E-state index is 13.3. The number of nitrogens with zero attached hydrogens (tertiary/aromatic N) is 2. The third-order valence-corrected chi connectivity index (χ3v) is 6.33. The summed E-state index contributed by atoms with van der Waals surface area (Å²) in [6, 6.07) is 12.8. The fourth-order valence-electron chi connectivity index (χ4n) is 5.04. The Bertz CT molecular complexity index is 1200. The number of hydrogen-bond donors (Lipinski definition) is 1. The quantitative estimate of drug-likeness (QED) is 0.621. The number of aromatic nitrogens is 1. The molecule has 2 aliphatic heterocycles. The fraction of sp³-hybridized carbons (Fsp3) is 0.375. The standard InChI is InChI=1S/C24H23F3N2O4/c25-24(26,27)33-18-3-1-16(2-4-18)21-7-8-22-17-9-15(11-29(22)23(21)31)10-28(12-17)13-19-5-6-20(14-30)32-19/h1-8,15,17,30H,9-14H2/t15-,17+/m0/s1. The van der Waals surface area contributed by atoms with Crippen LogP contribution in [0, 0.1) is 5.92 Å². The molecule has 2 atom stereocenters. The summed E-state index contributed by atoms with van der Waals surface area (Å²) < 4.78 is 48.6. The van der Waals surface area contributed by atoms with Crippen LogP contribution in [-0.4, -0.2) is 34.0 Å². The molecule has 5 rings (SSSR count). The summed E-state index contributed by atoms with van der Waals surface area (Å²) in [7, 11) is 0. The number of furan rings is 1. The van der Waals surface area contributed by atoms with Gasteiger partial charge in [0.25, 0.3) is 5.56 Å². The highest BCUT2D eigenvalue weighted by Crippen LogP contribution is 2.36. The molecule has 0 aliphatic carbocycles. The second-order valence-electron chi connectivity index (χ2n) is 8.68. The molecular weight excluding hydrogens is 437 g/mol. The second kappa shape index (κ2) is 8.39. The van der Waals surface area contributed by atoms with Gasteiger partial charge >= 0.3 is 6.36 Å². The number of fused-ring (bicyclic) bond motifs is 4. The number of rotatable bonds is 5. The van der Waals surface area contributed by atoms with Gasteiger partial charge in [0.1, 0.15) is 23.9 Å². The van der Waals surface area contributed by atoms with E-state index in [1.807, 2.05) is 16.7 Å². The fourth-order valence-corrected chi connectivity index (χ4v) is 5.04. The number of alkyl halides is 3. The van der Waals surface area contributed by atoms with E-state index < -0.39 is 6.36 Å². The molecule has 1 aromatic carbocycles. The number of benzene rings is 1. The third kappa shape index (κ3) is 4.56. The van der Waals surface area contributed by atoms with Crippen LogP contribution < -0.4 is 10.3 Å². The van der Waals surface area contributed by atoms with Crippen molar-refractivity contribution < 1.29 is 27.4 Å². The van der Waals surface area contributed by atoms with E-state index in [2.05, 4.69) is 9.64 Å². The van der Waals surface area contributed by atoms with Crippen LogP contribution in [0.15, 0.2) is 57.7 Å². The summed E-state index contributed by atoms with van der Waals surface area (Å²) in [5.74, 6) is 1.57. The Labute approximate surface area is 187 Å². The summed E-state index contributed by atoms with van der Waals surface area (Å²) in [5, 5.41) is 9.20. The Kier molecular flexibility index (Phi) is 5.54. The van der Waals surface area contributed by atoms with Gasteiger partial charge in [0.15, 0.2) is 0 Å². The number of hydrogen-bond acceptors (Lipinski definition) is 5. The number of pyridine rings is 1. The molecule has 0 radical (unpaired) electrons. The van der Waals surface area contributed by atoms with Crippen LogP contribution >= 0.6 is 0 Å². The van der Waals surface area contributed by atoms with Gasteiger partial charge < -0.3 is 18.8 Å². The molecule has 4 heterocycles. The van der Waals surface area contributed by atoms with Gasteiger partial charge in [-0.2, -0.15) is 0 Å². The molecule has 33 heavy (non-hydrogen) atoms. The lowest BCUT2D eigenvalue weighted by molar-refractivity contribution is -0.274. The minimum absolute atomic E-state index is 0.123. The summed E-state index contributed by atoms with van der Waals surface area (Å²) in [6.45, 7) is 2.77. The third-order valence-electron chi connectivity index (χ3n) is 6.33. The summed E-state index contributed by atoms with van der Waals surface area (Å²) >= 11 is 0. The van der Waals surface area contributed by atoms with Crippen LogP contribution in [0.2, 0.25) is 0 Å². The van der Waals surface area contributed by atoms with Crippen molar-refractivity contribution in [3.63, 3.8) is 0 Å². The van der Waals surface area contributed by atoms with Crippen molar-refractivity contribution in [2.45, 2.75) is 38.4 Å². The van der Waals surface area contributed by atoms with Gasteiger partial charge in [-0.1, -0.05) is 12.1 Å². The topological polar surface area (TPSA) is 67.8 Å².